The number of nitrogens with zero attached hydrogens (tertiary/aromatic N) is 3. The summed E-state index contributed by atoms with van der Waals surface area (Å²) in [7, 11) is 0. The Balaban J connectivity index is 1.68. The first kappa shape index (κ1) is 16.9. The first-order valence-corrected chi connectivity index (χ1v) is 9.50. The highest BCUT2D eigenvalue weighted by Gasteiger charge is 2.14. The van der Waals surface area contributed by atoms with Gasteiger partial charge in [-0.05, 0) is 6.26 Å². The van der Waals surface area contributed by atoms with Crippen molar-refractivity contribution in [1.29, 1.82) is 0 Å². The van der Waals surface area contributed by atoms with E-state index in [0.29, 0.717) is 11.7 Å². The summed E-state index contributed by atoms with van der Waals surface area (Å²) >= 11 is 8.90. The molecule has 3 rings (SSSR count). The fourth-order valence-electron chi connectivity index (χ4n) is 1.96. The lowest BCUT2D eigenvalue weighted by molar-refractivity contribution is 0.0944. The number of thiazole rings is 1. The number of carbonyl (C=O) groups is 1. The van der Waals surface area contributed by atoms with Gasteiger partial charge in [-0.25, -0.2) is 15.0 Å². The van der Waals surface area contributed by atoms with E-state index in [1.54, 1.807) is 11.3 Å². The van der Waals surface area contributed by atoms with Crippen molar-refractivity contribution in [2.75, 3.05) is 6.26 Å². The van der Waals surface area contributed by atoms with E-state index < -0.39 is 0 Å². The maximum atomic E-state index is 12.3. The van der Waals surface area contributed by atoms with Gasteiger partial charge in [0.05, 0.1) is 23.5 Å². The number of thioether (sulfide) groups is 1. The van der Waals surface area contributed by atoms with E-state index in [0.717, 1.165) is 16.3 Å². The fourth-order valence-corrected chi connectivity index (χ4v) is 3.31. The number of halogens is 1. The molecule has 2 aromatic heterocycles. The fraction of sp³-hybridized carbons (Fsp3) is 0.125. The summed E-state index contributed by atoms with van der Waals surface area (Å²) in [6.45, 7) is 0.317. The SMILES string of the molecule is CSc1ncc(Cl)c(C(=O)NCc2csc(-c3ccccc3)n2)n1. The minimum atomic E-state index is -0.341. The van der Waals surface area contributed by atoms with Crippen molar-refractivity contribution in [3.05, 3.63) is 58.3 Å². The molecule has 0 unspecified atom stereocenters. The van der Waals surface area contributed by atoms with Crippen molar-refractivity contribution in [2.24, 2.45) is 0 Å². The Morgan fingerprint density at radius 1 is 1.29 bits per heavy atom. The molecule has 24 heavy (non-hydrogen) atoms. The molecule has 122 valence electrons. The molecule has 0 spiro atoms. The molecule has 2 heterocycles. The molecule has 0 radical (unpaired) electrons. The molecule has 1 aromatic carbocycles. The van der Waals surface area contributed by atoms with Gasteiger partial charge in [0.25, 0.3) is 5.91 Å². The molecule has 0 saturated heterocycles. The number of aromatic nitrogens is 3. The van der Waals surface area contributed by atoms with Crippen LogP contribution in [0.2, 0.25) is 5.02 Å². The smallest absolute Gasteiger partial charge is 0.271 e. The molecule has 0 fully saturated rings. The van der Waals surface area contributed by atoms with Crippen LogP contribution in [-0.4, -0.2) is 27.1 Å². The van der Waals surface area contributed by atoms with E-state index in [1.165, 1.54) is 18.0 Å². The van der Waals surface area contributed by atoms with Crippen LogP contribution in [0.4, 0.5) is 0 Å². The number of hydrogen-bond acceptors (Lipinski definition) is 6. The summed E-state index contributed by atoms with van der Waals surface area (Å²) in [5, 5.41) is 6.38. The van der Waals surface area contributed by atoms with Gasteiger partial charge in [-0.2, -0.15) is 0 Å². The van der Waals surface area contributed by atoms with E-state index in [9.17, 15) is 4.79 Å². The molecular formula is C16H13ClN4OS2. The number of hydrogen-bond donors (Lipinski definition) is 1. The van der Waals surface area contributed by atoms with Crippen LogP contribution >= 0.6 is 34.7 Å². The topological polar surface area (TPSA) is 67.8 Å². The van der Waals surface area contributed by atoms with Gasteiger partial charge in [0.2, 0.25) is 0 Å². The zero-order chi connectivity index (χ0) is 16.9. The average molecular weight is 377 g/mol. The van der Waals surface area contributed by atoms with Crippen LogP contribution in [0.1, 0.15) is 16.2 Å². The van der Waals surface area contributed by atoms with E-state index in [1.807, 2.05) is 42.0 Å². The number of nitrogens with one attached hydrogen (secondary N) is 1. The van der Waals surface area contributed by atoms with E-state index >= 15 is 0 Å². The van der Waals surface area contributed by atoms with Gasteiger partial charge >= 0.3 is 0 Å². The normalized spacial score (nSPS) is 10.6. The second kappa shape index (κ2) is 7.74. The molecule has 0 atom stereocenters. The van der Waals surface area contributed by atoms with Crippen molar-refractivity contribution in [1.82, 2.24) is 20.3 Å². The second-order valence-electron chi connectivity index (χ2n) is 4.75. The van der Waals surface area contributed by atoms with E-state index in [-0.39, 0.29) is 16.6 Å². The zero-order valence-electron chi connectivity index (χ0n) is 12.7. The molecule has 1 amide bonds. The Hall–Kier alpha value is -1.96. The Bertz CT molecular complexity index is 854. The zero-order valence-corrected chi connectivity index (χ0v) is 15.1. The third-order valence-corrected chi connectivity index (χ3v) is 4.90. The summed E-state index contributed by atoms with van der Waals surface area (Å²) in [6.07, 6.45) is 3.27. The highest BCUT2D eigenvalue weighted by atomic mass is 35.5. The Morgan fingerprint density at radius 3 is 2.83 bits per heavy atom. The molecule has 0 bridgehead atoms. The highest BCUT2D eigenvalue weighted by molar-refractivity contribution is 7.98. The lowest BCUT2D eigenvalue weighted by atomic mass is 10.2. The van der Waals surface area contributed by atoms with Gasteiger partial charge in [0.1, 0.15) is 5.01 Å². The first-order chi connectivity index (χ1) is 11.7. The molecule has 0 aliphatic rings. The van der Waals surface area contributed by atoms with E-state index in [4.69, 9.17) is 11.6 Å². The monoisotopic (exact) mass is 376 g/mol. The van der Waals surface area contributed by atoms with Crippen molar-refractivity contribution in [2.45, 2.75) is 11.7 Å². The van der Waals surface area contributed by atoms with Crippen LogP contribution < -0.4 is 5.32 Å². The van der Waals surface area contributed by atoms with Gasteiger partial charge in [-0.3, -0.25) is 4.79 Å². The summed E-state index contributed by atoms with van der Waals surface area (Å²) < 4.78 is 0. The highest BCUT2D eigenvalue weighted by Crippen LogP contribution is 2.23. The van der Waals surface area contributed by atoms with Gasteiger partial charge < -0.3 is 5.32 Å². The quantitative estimate of drug-likeness (QED) is 0.540. The second-order valence-corrected chi connectivity index (χ2v) is 6.78. The Kier molecular flexibility index (Phi) is 5.44. The number of carbonyl (C=O) groups excluding carboxylic acids is 1. The largest absolute Gasteiger partial charge is 0.345 e. The first-order valence-electron chi connectivity index (χ1n) is 7.02. The molecule has 5 nitrogen and oxygen atoms in total. The van der Waals surface area contributed by atoms with E-state index in [2.05, 4.69) is 20.3 Å². The van der Waals surface area contributed by atoms with Gasteiger partial charge in [0.15, 0.2) is 10.9 Å². The Labute approximate surface area is 152 Å². The van der Waals surface area contributed by atoms with Gasteiger partial charge in [0, 0.05) is 10.9 Å². The molecule has 1 N–H and O–H groups in total. The third-order valence-electron chi connectivity index (χ3n) is 3.12. The average Bonchev–Trinajstić information content (AvgIpc) is 3.10. The maximum absolute atomic E-state index is 12.3. The predicted octanol–water partition coefficient (Wildman–Crippen LogP) is 3.91. The van der Waals surface area contributed by atoms with Crippen molar-refractivity contribution in [3.63, 3.8) is 0 Å². The molecule has 8 heteroatoms. The van der Waals surface area contributed by atoms with Crippen LogP contribution in [0.15, 0.2) is 47.1 Å². The Morgan fingerprint density at radius 2 is 2.08 bits per heavy atom. The van der Waals surface area contributed by atoms with Crippen molar-refractivity contribution < 1.29 is 4.79 Å². The molecule has 3 aromatic rings. The van der Waals surface area contributed by atoms with Crippen LogP contribution in [0, 0.1) is 0 Å². The van der Waals surface area contributed by atoms with Crippen molar-refractivity contribution >= 4 is 40.6 Å². The van der Waals surface area contributed by atoms with Crippen LogP contribution in [0.5, 0.6) is 0 Å². The van der Waals surface area contributed by atoms with Crippen molar-refractivity contribution in [3.8, 4) is 10.6 Å². The number of benzene rings is 1. The third kappa shape index (κ3) is 3.92. The summed E-state index contributed by atoms with van der Waals surface area (Å²) in [5.41, 5.74) is 2.03. The minimum Gasteiger partial charge on any atom is -0.345 e. The number of rotatable bonds is 5. The summed E-state index contributed by atoms with van der Waals surface area (Å²) in [6, 6.07) is 9.92. The molecule has 0 saturated carbocycles. The number of amides is 1. The summed E-state index contributed by atoms with van der Waals surface area (Å²) in [4.78, 5) is 25.0. The van der Waals surface area contributed by atoms with Gasteiger partial charge in [-0.1, -0.05) is 53.7 Å². The maximum Gasteiger partial charge on any atom is 0.271 e. The lowest BCUT2D eigenvalue weighted by Gasteiger charge is -2.05. The van der Waals surface area contributed by atoms with Gasteiger partial charge in [-0.15, -0.1) is 11.3 Å². The molecular weight excluding hydrogens is 364 g/mol. The molecule has 0 aliphatic heterocycles. The predicted molar refractivity (Wildman–Crippen MR) is 97.5 cm³/mol. The lowest BCUT2D eigenvalue weighted by Crippen LogP contribution is -2.24. The van der Waals surface area contributed by atoms with Crippen LogP contribution in [-0.2, 0) is 6.54 Å². The minimum absolute atomic E-state index is 0.175. The van der Waals surface area contributed by atoms with Crippen LogP contribution in [0.3, 0.4) is 0 Å². The summed E-state index contributed by atoms with van der Waals surface area (Å²) in [5.74, 6) is -0.341. The standard InChI is InChI=1S/C16H13ClN4OS2/c1-23-16-19-8-12(17)13(21-16)14(22)18-7-11-9-24-15(20-11)10-5-3-2-4-6-10/h2-6,8-9H,7H2,1H3,(H,18,22). The molecule has 0 aliphatic carbocycles. The van der Waals surface area contributed by atoms with Crippen LogP contribution in [0.25, 0.3) is 10.6 Å².